The Morgan fingerprint density at radius 2 is 1.61 bits per heavy atom. The highest BCUT2D eigenvalue weighted by Crippen LogP contribution is 2.27. The topological polar surface area (TPSA) is 72.2 Å². The van der Waals surface area contributed by atoms with Crippen molar-refractivity contribution in [1.29, 1.82) is 0 Å². The molecule has 2 aromatic carbocycles. The van der Waals surface area contributed by atoms with E-state index in [9.17, 15) is 8.42 Å². The quantitative estimate of drug-likeness (QED) is 0.721. The Kier molecular flexibility index (Phi) is 4.23. The van der Waals surface area contributed by atoms with Crippen LogP contribution in [-0.2, 0) is 10.0 Å². The standard InChI is InChI=1S/C16H13BrN2O3S/c1-11-15(17)16(18-22-11)19-23(20,21)14-9-7-13(8-10-14)12-5-3-2-4-6-12/h2-10H,1H3,(H,18,19). The van der Waals surface area contributed by atoms with Crippen LogP contribution < -0.4 is 4.72 Å². The molecule has 0 radical (unpaired) electrons. The van der Waals surface area contributed by atoms with E-state index in [1.165, 1.54) is 0 Å². The van der Waals surface area contributed by atoms with Gasteiger partial charge in [0.2, 0.25) is 0 Å². The van der Waals surface area contributed by atoms with Gasteiger partial charge < -0.3 is 4.52 Å². The minimum Gasteiger partial charge on any atom is -0.358 e. The molecule has 0 amide bonds. The molecule has 0 aliphatic carbocycles. The minimum atomic E-state index is -3.72. The van der Waals surface area contributed by atoms with E-state index in [4.69, 9.17) is 4.52 Å². The lowest BCUT2D eigenvalue weighted by Crippen LogP contribution is -2.13. The molecule has 5 nitrogen and oxygen atoms in total. The Morgan fingerprint density at radius 3 is 2.17 bits per heavy atom. The van der Waals surface area contributed by atoms with Crippen LogP contribution in [0.4, 0.5) is 5.82 Å². The van der Waals surface area contributed by atoms with E-state index in [1.807, 2.05) is 30.3 Å². The molecular formula is C16H13BrN2O3S. The van der Waals surface area contributed by atoms with Crippen LogP contribution in [-0.4, -0.2) is 13.6 Å². The second-order valence-electron chi connectivity index (χ2n) is 4.90. The average Bonchev–Trinajstić information content (AvgIpc) is 2.87. The molecule has 0 atom stereocenters. The van der Waals surface area contributed by atoms with E-state index >= 15 is 0 Å². The third-order valence-electron chi connectivity index (χ3n) is 3.29. The van der Waals surface area contributed by atoms with Crippen LogP contribution in [0.3, 0.4) is 0 Å². The van der Waals surface area contributed by atoms with E-state index in [0.717, 1.165) is 11.1 Å². The molecule has 0 fully saturated rings. The largest absolute Gasteiger partial charge is 0.358 e. The summed E-state index contributed by atoms with van der Waals surface area (Å²) in [5.74, 6) is 0.636. The number of hydrogen-bond donors (Lipinski definition) is 1. The number of nitrogens with zero attached hydrogens (tertiary/aromatic N) is 1. The van der Waals surface area contributed by atoms with Crippen LogP contribution >= 0.6 is 15.9 Å². The molecule has 0 spiro atoms. The van der Waals surface area contributed by atoms with E-state index in [1.54, 1.807) is 31.2 Å². The third kappa shape index (κ3) is 3.30. The number of hydrogen-bond acceptors (Lipinski definition) is 4. The molecule has 1 aromatic heterocycles. The van der Waals surface area contributed by atoms with Crippen molar-refractivity contribution in [1.82, 2.24) is 5.16 Å². The third-order valence-corrected chi connectivity index (χ3v) is 5.58. The van der Waals surface area contributed by atoms with Gasteiger partial charge in [-0.05, 0) is 46.1 Å². The SMILES string of the molecule is Cc1onc(NS(=O)(=O)c2ccc(-c3ccccc3)cc2)c1Br. The first-order chi connectivity index (χ1) is 11.0. The first kappa shape index (κ1) is 15.8. The molecule has 3 rings (SSSR count). The maximum absolute atomic E-state index is 12.4. The molecule has 0 saturated heterocycles. The summed E-state index contributed by atoms with van der Waals surface area (Å²) in [5, 5.41) is 3.68. The highest BCUT2D eigenvalue weighted by atomic mass is 79.9. The van der Waals surface area contributed by atoms with Gasteiger partial charge >= 0.3 is 0 Å². The van der Waals surface area contributed by atoms with Crippen molar-refractivity contribution >= 4 is 31.8 Å². The van der Waals surface area contributed by atoms with Crippen molar-refractivity contribution < 1.29 is 12.9 Å². The molecular weight excluding hydrogens is 380 g/mol. The Labute approximate surface area is 142 Å². The second kappa shape index (κ2) is 6.17. The van der Waals surface area contributed by atoms with Crippen LogP contribution in [0.2, 0.25) is 0 Å². The van der Waals surface area contributed by atoms with Crippen LogP contribution in [0, 0.1) is 6.92 Å². The van der Waals surface area contributed by atoms with Gasteiger partial charge in [-0.3, -0.25) is 4.72 Å². The zero-order valence-corrected chi connectivity index (χ0v) is 14.6. The number of benzene rings is 2. The summed E-state index contributed by atoms with van der Waals surface area (Å²) >= 11 is 3.23. The average molecular weight is 393 g/mol. The van der Waals surface area contributed by atoms with Crippen molar-refractivity contribution in [2.75, 3.05) is 4.72 Å². The van der Waals surface area contributed by atoms with Crippen molar-refractivity contribution in [3.8, 4) is 11.1 Å². The predicted octanol–water partition coefficient (Wildman–Crippen LogP) is 4.21. The minimum absolute atomic E-state index is 0.134. The second-order valence-corrected chi connectivity index (χ2v) is 7.37. The summed E-state index contributed by atoms with van der Waals surface area (Å²) < 4.78 is 32.6. The molecule has 3 aromatic rings. The Balaban J connectivity index is 1.87. The van der Waals surface area contributed by atoms with Gasteiger partial charge in [0.05, 0.1) is 4.90 Å². The van der Waals surface area contributed by atoms with Gasteiger partial charge in [0, 0.05) is 0 Å². The monoisotopic (exact) mass is 392 g/mol. The van der Waals surface area contributed by atoms with Gasteiger partial charge in [0.1, 0.15) is 10.2 Å². The van der Waals surface area contributed by atoms with Crippen molar-refractivity contribution in [2.45, 2.75) is 11.8 Å². The van der Waals surface area contributed by atoms with Gasteiger partial charge in [-0.2, -0.15) is 0 Å². The smallest absolute Gasteiger partial charge is 0.263 e. The van der Waals surface area contributed by atoms with Crippen molar-refractivity contribution in [3.63, 3.8) is 0 Å². The summed E-state index contributed by atoms with van der Waals surface area (Å²) in [4.78, 5) is 0.157. The van der Waals surface area contributed by atoms with Crippen LogP contribution in [0.1, 0.15) is 5.76 Å². The molecule has 0 aliphatic rings. The number of halogens is 1. The molecule has 0 unspecified atom stereocenters. The van der Waals surface area contributed by atoms with Crippen molar-refractivity contribution in [2.24, 2.45) is 0 Å². The van der Waals surface area contributed by atoms with Gasteiger partial charge in [-0.15, -0.1) is 0 Å². The lowest BCUT2D eigenvalue weighted by molar-refractivity contribution is 0.399. The van der Waals surface area contributed by atoms with Crippen LogP contribution in [0.15, 0.2) is 68.5 Å². The number of rotatable bonds is 4. The van der Waals surface area contributed by atoms with E-state index in [2.05, 4.69) is 25.8 Å². The molecule has 23 heavy (non-hydrogen) atoms. The molecule has 0 aliphatic heterocycles. The lowest BCUT2D eigenvalue weighted by Gasteiger charge is -2.07. The summed E-state index contributed by atoms with van der Waals surface area (Å²) in [5.41, 5.74) is 1.97. The Bertz CT molecular complexity index is 920. The predicted molar refractivity (Wildman–Crippen MR) is 91.6 cm³/mol. The van der Waals surface area contributed by atoms with Gasteiger partial charge in [-0.1, -0.05) is 47.6 Å². The summed E-state index contributed by atoms with van der Waals surface area (Å²) in [6.45, 7) is 1.68. The molecule has 1 N–H and O–H groups in total. The molecule has 1 heterocycles. The lowest BCUT2D eigenvalue weighted by atomic mass is 10.1. The van der Waals surface area contributed by atoms with E-state index in [0.29, 0.717) is 10.2 Å². The van der Waals surface area contributed by atoms with E-state index in [-0.39, 0.29) is 10.7 Å². The number of aromatic nitrogens is 1. The Morgan fingerprint density at radius 1 is 1.00 bits per heavy atom. The number of sulfonamides is 1. The highest BCUT2D eigenvalue weighted by molar-refractivity contribution is 9.10. The van der Waals surface area contributed by atoms with Crippen LogP contribution in [0.5, 0.6) is 0 Å². The fraction of sp³-hybridized carbons (Fsp3) is 0.0625. The zero-order chi connectivity index (χ0) is 16.4. The highest BCUT2D eigenvalue weighted by Gasteiger charge is 2.19. The van der Waals surface area contributed by atoms with Crippen LogP contribution in [0.25, 0.3) is 11.1 Å². The summed E-state index contributed by atoms with van der Waals surface area (Å²) in [6, 6.07) is 16.4. The van der Waals surface area contributed by atoms with Gasteiger partial charge in [-0.25, -0.2) is 8.42 Å². The first-order valence-corrected chi connectivity index (χ1v) is 9.05. The summed E-state index contributed by atoms with van der Waals surface area (Å²) in [7, 11) is -3.72. The molecule has 0 bridgehead atoms. The number of nitrogens with one attached hydrogen (secondary N) is 1. The fourth-order valence-electron chi connectivity index (χ4n) is 2.07. The normalized spacial score (nSPS) is 11.4. The number of aryl methyl sites for hydroxylation is 1. The molecule has 118 valence electrons. The maximum Gasteiger partial charge on any atom is 0.263 e. The zero-order valence-electron chi connectivity index (χ0n) is 12.2. The maximum atomic E-state index is 12.4. The fourth-order valence-corrected chi connectivity index (χ4v) is 3.45. The van der Waals surface area contributed by atoms with Gasteiger partial charge in [0.25, 0.3) is 10.0 Å². The first-order valence-electron chi connectivity index (χ1n) is 6.77. The summed E-state index contributed by atoms with van der Waals surface area (Å²) in [6.07, 6.45) is 0. The Hall–Kier alpha value is -2.12. The van der Waals surface area contributed by atoms with Gasteiger partial charge in [0.15, 0.2) is 5.82 Å². The molecule has 7 heteroatoms. The van der Waals surface area contributed by atoms with E-state index < -0.39 is 10.0 Å². The number of anilines is 1. The molecule has 0 saturated carbocycles. The van der Waals surface area contributed by atoms with Crippen molar-refractivity contribution in [3.05, 3.63) is 64.8 Å².